The van der Waals surface area contributed by atoms with E-state index in [1.807, 2.05) is 6.92 Å². The van der Waals surface area contributed by atoms with Gasteiger partial charge in [0.15, 0.2) is 0 Å². The number of carbonyl (C=O) groups excluding carboxylic acids is 1. The van der Waals surface area contributed by atoms with E-state index in [-0.39, 0.29) is 17.5 Å². The topological polar surface area (TPSA) is 26.3 Å². The molecule has 3 aliphatic carbocycles. The Bertz CT molecular complexity index is 468. The van der Waals surface area contributed by atoms with Gasteiger partial charge in [-0.3, -0.25) is 4.79 Å². The van der Waals surface area contributed by atoms with Gasteiger partial charge >= 0.3 is 5.97 Å². The average molecular weight is 306 g/mol. The predicted octanol–water partition coefficient (Wildman–Crippen LogP) is 5.21. The number of esters is 1. The van der Waals surface area contributed by atoms with Gasteiger partial charge in [-0.15, -0.1) is 0 Å². The molecule has 3 aliphatic rings. The number of hydrogen-bond donors (Lipinski definition) is 0. The molecule has 0 amide bonds. The lowest BCUT2D eigenvalue weighted by Gasteiger charge is -2.47. The highest BCUT2D eigenvalue weighted by atomic mass is 16.6. The lowest BCUT2D eigenvalue weighted by Crippen LogP contribution is -2.48. The Hall–Kier alpha value is -0.530. The molecule has 2 unspecified atom stereocenters. The minimum absolute atomic E-state index is 0.0156. The molecule has 0 aromatic heterocycles. The second kappa shape index (κ2) is 4.98. The second-order valence-electron chi connectivity index (χ2n) is 9.39. The Balaban J connectivity index is 1.88. The van der Waals surface area contributed by atoms with Crippen LogP contribution in [0.15, 0.2) is 0 Å². The van der Waals surface area contributed by atoms with Crippen molar-refractivity contribution < 1.29 is 9.53 Å². The van der Waals surface area contributed by atoms with E-state index in [9.17, 15) is 4.79 Å². The van der Waals surface area contributed by atoms with Gasteiger partial charge in [-0.2, -0.15) is 0 Å². The summed E-state index contributed by atoms with van der Waals surface area (Å²) in [6.07, 6.45) is 7.22. The number of carbonyl (C=O) groups is 1. The Kier molecular flexibility index (Phi) is 3.70. The van der Waals surface area contributed by atoms with Crippen LogP contribution in [0.25, 0.3) is 0 Å². The van der Waals surface area contributed by atoms with Crippen molar-refractivity contribution in [3.05, 3.63) is 0 Å². The molecule has 22 heavy (non-hydrogen) atoms. The highest BCUT2D eigenvalue weighted by Gasteiger charge is 2.68. The summed E-state index contributed by atoms with van der Waals surface area (Å²) in [6, 6.07) is 0. The molecule has 0 aliphatic heterocycles. The molecule has 2 bridgehead atoms. The van der Waals surface area contributed by atoms with Crippen LogP contribution in [-0.2, 0) is 9.53 Å². The maximum absolute atomic E-state index is 12.4. The Morgan fingerprint density at radius 2 is 1.86 bits per heavy atom. The van der Waals surface area contributed by atoms with Crippen LogP contribution in [0.2, 0.25) is 0 Å². The predicted molar refractivity (Wildman–Crippen MR) is 89.4 cm³/mol. The first-order valence-electron chi connectivity index (χ1n) is 9.40. The standard InChI is InChI=1S/C20H34O2/c1-7-13(2)17(21)22-19(6)10-11-20-12-16(19)18(4,5)15(20)9-8-14(20)3/h13-16H,7-12H2,1-6H3/t13?,14-,15?,16-,19-,20+/m1/s1. The fourth-order valence-corrected chi connectivity index (χ4v) is 6.48. The molecule has 0 radical (unpaired) electrons. The van der Waals surface area contributed by atoms with Crippen molar-refractivity contribution in [2.24, 2.45) is 34.5 Å². The van der Waals surface area contributed by atoms with Gasteiger partial charge in [0.2, 0.25) is 0 Å². The van der Waals surface area contributed by atoms with E-state index in [1.165, 1.54) is 25.7 Å². The highest BCUT2D eigenvalue weighted by Crippen LogP contribution is 2.73. The Morgan fingerprint density at radius 3 is 2.50 bits per heavy atom. The third kappa shape index (κ3) is 2.01. The molecule has 0 aromatic rings. The van der Waals surface area contributed by atoms with Crippen LogP contribution < -0.4 is 0 Å². The molecule has 3 rings (SSSR count). The fraction of sp³-hybridized carbons (Fsp3) is 0.950. The maximum atomic E-state index is 12.4. The van der Waals surface area contributed by atoms with Crippen LogP contribution in [0.4, 0.5) is 0 Å². The number of ether oxygens (including phenoxy) is 1. The van der Waals surface area contributed by atoms with Crippen LogP contribution in [0, 0.1) is 34.5 Å². The molecule has 1 spiro atoms. The van der Waals surface area contributed by atoms with Crippen molar-refractivity contribution in [1.82, 2.24) is 0 Å². The summed E-state index contributed by atoms with van der Waals surface area (Å²) in [5, 5.41) is 0. The zero-order valence-corrected chi connectivity index (χ0v) is 15.4. The van der Waals surface area contributed by atoms with E-state index in [2.05, 4.69) is 34.6 Å². The van der Waals surface area contributed by atoms with Gasteiger partial charge in [0, 0.05) is 5.92 Å². The molecular weight excluding hydrogens is 272 g/mol. The van der Waals surface area contributed by atoms with E-state index in [1.54, 1.807) is 0 Å². The van der Waals surface area contributed by atoms with E-state index >= 15 is 0 Å². The van der Waals surface area contributed by atoms with Crippen molar-refractivity contribution in [2.75, 3.05) is 0 Å². The summed E-state index contributed by atoms with van der Waals surface area (Å²) in [4.78, 5) is 12.4. The second-order valence-corrected chi connectivity index (χ2v) is 9.39. The third-order valence-electron chi connectivity index (χ3n) is 8.12. The lowest BCUT2D eigenvalue weighted by atomic mass is 9.64. The Labute approximate surface area is 136 Å². The normalized spacial score (nSPS) is 47.1. The first-order chi connectivity index (χ1) is 10.2. The van der Waals surface area contributed by atoms with Crippen molar-refractivity contribution in [3.63, 3.8) is 0 Å². The first-order valence-corrected chi connectivity index (χ1v) is 9.40. The molecule has 0 aromatic carbocycles. The van der Waals surface area contributed by atoms with Crippen LogP contribution in [-0.4, -0.2) is 11.6 Å². The summed E-state index contributed by atoms with van der Waals surface area (Å²) in [5.74, 6) is 2.23. The Morgan fingerprint density at radius 1 is 1.18 bits per heavy atom. The zero-order chi connectivity index (χ0) is 16.3. The highest BCUT2D eigenvalue weighted by molar-refractivity contribution is 5.72. The number of rotatable bonds is 3. The molecule has 2 heteroatoms. The molecule has 0 N–H and O–H groups in total. The van der Waals surface area contributed by atoms with Crippen molar-refractivity contribution in [1.29, 1.82) is 0 Å². The van der Waals surface area contributed by atoms with E-state index in [0.717, 1.165) is 24.7 Å². The monoisotopic (exact) mass is 306 g/mol. The van der Waals surface area contributed by atoms with Gasteiger partial charge in [-0.25, -0.2) is 0 Å². The smallest absolute Gasteiger partial charge is 0.309 e. The molecule has 0 saturated heterocycles. The van der Waals surface area contributed by atoms with Gasteiger partial charge in [0.1, 0.15) is 5.60 Å². The molecule has 2 nitrogen and oxygen atoms in total. The van der Waals surface area contributed by atoms with Crippen molar-refractivity contribution in [2.45, 2.75) is 85.7 Å². The number of hydrogen-bond acceptors (Lipinski definition) is 2. The van der Waals surface area contributed by atoms with Gasteiger partial charge in [0.25, 0.3) is 0 Å². The zero-order valence-electron chi connectivity index (χ0n) is 15.4. The van der Waals surface area contributed by atoms with Crippen LogP contribution in [0.5, 0.6) is 0 Å². The van der Waals surface area contributed by atoms with Crippen molar-refractivity contribution in [3.8, 4) is 0 Å². The lowest BCUT2D eigenvalue weighted by molar-refractivity contribution is -0.178. The largest absolute Gasteiger partial charge is 0.459 e. The molecule has 0 heterocycles. The fourth-order valence-electron chi connectivity index (χ4n) is 6.48. The van der Waals surface area contributed by atoms with Crippen LogP contribution >= 0.6 is 0 Å². The summed E-state index contributed by atoms with van der Waals surface area (Å²) in [6.45, 7) is 13.6. The van der Waals surface area contributed by atoms with E-state index in [0.29, 0.717) is 16.7 Å². The summed E-state index contributed by atoms with van der Waals surface area (Å²) >= 11 is 0. The van der Waals surface area contributed by atoms with Gasteiger partial charge in [0.05, 0.1) is 5.92 Å². The summed E-state index contributed by atoms with van der Waals surface area (Å²) in [5.41, 5.74) is 0.585. The van der Waals surface area contributed by atoms with E-state index < -0.39 is 0 Å². The minimum atomic E-state index is -0.251. The van der Waals surface area contributed by atoms with E-state index in [4.69, 9.17) is 4.74 Å². The third-order valence-corrected chi connectivity index (χ3v) is 8.12. The van der Waals surface area contributed by atoms with Crippen LogP contribution in [0.3, 0.4) is 0 Å². The molecule has 126 valence electrons. The molecule has 3 fully saturated rings. The quantitative estimate of drug-likeness (QED) is 0.669. The maximum Gasteiger partial charge on any atom is 0.309 e. The van der Waals surface area contributed by atoms with Gasteiger partial charge in [-0.1, -0.05) is 34.6 Å². The first kappa shape index (κ1) is 16.3. The minimum Gasteiger partial charge on any atom is -0.459 e. The summed E-state index contributed by atoms with van der Waals surface area (Å²) in [7, 11) is 0. The van der Waals surface area contributed by atoms with Crippen LogP contribution in [0.1, 0.15) is 80.1 Å². The van der Waals surface area contributed by atoms with Gasteiger partial charge < -0.3 is 4.74 Å². The van der Waals surface area contributed by atoms with Crippen molar-refractivity contribution >= 4 is 5.97 Å². The molecular formula is C20H34O2. The number of fused-ring (bicyclic) bond motifs is 1. The molecule has 6 atom stereocenters. The summed E-state index contributed by atoms with van der Waals surface area (Å²) < 4.78 is 6.16. The molecule has 3 saturated carbocycles. The van der Waals surface area contributed by atoms with Gasteiger partial charge in [-0.05, 0) is 68.1 Å². The SMILES string of the molecule is CCC(C)C(=O)O[C@]1(C)CC[C@@]23C[C@@H]1C(C)(C)C2CC[C@H]3C. The average Bonchev–Trinajstić information content (AvgIpc) is 2.88.